The highest BCUT2D eigenvalue weighted by Crippen LogP contribution is 2.35. The Labute approximate surface area is 214 Å². The maximum Gasteiger partial charge on any atom is 0.261 e. The van der Waals surface area contributed by atoms with E-state index < -0.39 is 6.10 Å². The van der Waals surface area contributed by atoms with Gasteiger partial charge in [0.2, 0.25) is 6.79 Å². The molecular formula is C28H29N3O6. The van der Waals surface area contributed by atoms with E-state index in [4.69, 9.17) is 14.2 Å². The summed E-state index contributed by atoms with van der Waals surface area (Å²) in [6, 6.07) is 16.6. The van der Waals surface area contributed by atoms with Crippen LogP contribution in [0.15, 0.2) is 54.6 Å². The highest BCUT2D eigenvalue weighted by atomic mass is 16.7. The van der Waals surface area contributed by atoms with E-state index in [-0.39, 0.29) is 25.2 Å². The normalized spacial score (nSPS) is 18.5. The third-order valence-electron chi connectivity index (χ3n) is 7.22. The van der Waals surface area contributed by atoms with Gasteiger partial charge in [0.25, 0.3) is 11.8 Å². The minimum Gasteiger partial charge on any atom is -0.491 e. The minimum atomic E-state index is -0.622. The largest absolute Gasteiger partial charge is 0.491 e. The van der Waals surface area contributed by atoms with E-state index >= 15 is 0 Å². The fraction of sp³-hybridized carbons (Fsp3) is 0.357. The average Bonchev–Trinajstić information content (AvgIpc) is 3.39. The van der Waals surface area contributed by atoms with E-state index in [0.717, 1.165) is 37.0 Å². The van der Waals surface area contributed by atoms with Crippen LogP contribution in [0.5, 0.6) is 17.2 Å². The van der Waals surface area contributed by atoms with Crippen molar-refractivity contribution in [2.45, 2.75) is 6.10 Å². The molecule has 0 saturated carbocycles. The molecular weight excluding hydrogens is 474 g/mol. The number of carbonyl (C=O) groups excluding carboxylic acids is 2. The summed E-state index contributed by atoms with van der Waals surface area (Å²) in [6.45, 7) is 5.10. The summed E-state index contributed by atoms with van der Waals surface area (Å²) < 4.78 is 16.4. The van der Waals surface area contributed by atoms with Crippen LogP contribution < -0.4 is 14.2 Å². The van der Waals surface area contributed by atoms with Gasteiger partial charge in [0.15, 0.2) is 11.5 Å². The van der Waals surface area contributed by atoms with Crippen molar-refractivity contribution in [2.75, 3.05) is 59.2 Å². The summed E-state index contributed by atoms with van der Waals surface area (Å²) in [5.74, 6) is 1.53. The molecule has 0 spiro atoms. The molecule has 0 unspecified atom stereocenters. The van der Waals surface area contributed by atoms with Gasteiger partial charge in [0.1, 0.15) is 18.5 Å². The summed E-state index contributed by atoms with van der Waals surface area (Å²) >= 11 is 0. The third-order valence-corrected chi connectivity index (χ3v) is 7.22. The second-order valence-corrected chi connectivity index (χ2v) is 9.59. The molecule has 0 radical (unpaired) electrons. The predicted octanol–water partition coefficient (Wildman–Crippen LogP) is 2.22. The lowest BCUT2D eigenvalue weighted by atomic mass is 9.94. The quantitative estimate of drug-likeness (QED) is 0.468. The zero-order chi connectivity index (χ0) is 25.4. The second kappa shape index (κ2) is 10.0. The van der Waals surface area contributed by atoms with E-state index in [1.54, 1.807) is 30.3 Å². The molecule has 3 aromatic carbocycles. The Balaban J connectivity index is 0.970. The van der Waals surface area contributed by atoms with Crippen molar-refractivity contribution < 1.29 is 28.9 Å². The van der Waals surface area contributed by atoms with Crippen LogP contribution in [-0.4, -0.2) is 96.9 Å². The van der Waals surface area contributed by atoms with Gasteiger partial charge in [0, 0.05) is 68.4 Å². The molecule has 1 saturated heterocycles. The Kier molecular flexibility index (Phi) is 6.42. The number of carbonyl (C=O) groups is 2. The Morgan fingerprint density at radius 1 is 0.838 bits per heavy atom. The number of fused-ring (bicyclic) bond motifs is 1. The number of piperazine rings is 1. The maximum atomic E-state index is 13.1. The Morgan fingerprint density at radius 2 is 1.51 bits per heavy atom. The zero-order valence-corrected chi connectivity index (χ0v) is 20.5. The number of benzene rings is 3. The molecule has 3 aromatic rings. The van der Waals surface area contributed by atoms with Crippen LogP contribution in [0.2, 0.25) is 0 Å². The van der Waals surface area contributed by atoms with Gasteiger partial charge in [-0.05, 0) is 29.7 Å². The number of rotatable bonds is 8. The molecule has 37 heavy (non-hydrogen) atoms. The van der Waals surface area contributed by atoms with Crippen LogP contribution in [0.1, 0.15) is 20.7 Å². The molecule has 3 aliphatic rings. The zero-order valence-electron chi connectivity index (χ0n) is 20.5. The summed E-state index contributed by atoms with van der Waals surface area (Å²) in [5, 5.41) is 12.1. The van der Waals surface area contributed by atoms with Gasteiger partial charge in [-0.1, -0.05) is 24.3 Å². The first kappa shape index (κ1) is 23.7. The van der Waals surface area contributed by atoms with Crippen LogP contribution >= 0.6 is 0 Å². The van der Waals surface area contributed by atoms with Gasteiger partial charge in [0.05, 0.1) is 0 Å². The van der Waals surface area contributed by atoms with Gasteiger partial charge in [-0.25, -0.2) is 0 Å². The number of amides is 2. The van der Waals surface area contributed by atoms with Crippen molar-refractivity contribution in [3.8, 4) is 17.2 Å². The van der Waals surface area contributed by atoms with E-state index in [9.17, 15) is 14.7 Å². The fourth-order valence-electron chi connectivity index (χ4n) is 5.23. The highest BCUT2D eigenvalue weighted by molar-refractivity contribution is 6.25. The molecule has 9 nitrogen and oxygen atoms in total. The first-order valence-corrected chi connectivity index (χ1v) is 12.6. The topological polar surface area (TPSA) is 91.8 Å². The van der Waals surface area contributed by atoms with E-state index in [2.05, 4.69) is 9.80 Å². The molecule has 2 amide bonds. The third kappa shape index (κ3) is 4.73. The SMILES string of the molecule is O=C1c2cccc3cccc(c23)C(=O)N1CCN1CCN(C[C@@H](O)COc2ccc3c(c2)OCO3)CC1. The van der Waals surface area contributed by atoms with Gasteiger partial charge < -0.3 is 19.3 Å². The lowest BCUT2D eigenvalue weighted by Crippen LogP contribution is -2.51. The van der Waals surface area contributed by atoms with Crippen LogP contribution in [0.25, 0.3) is 10.8 Å². The van der Waals surface area contributed by atoms with Crippen molar-refractivity contribution in [3.05, 3.63) is 65.7 Å². The number of aliphatic hydroxyl groups excluding tert-OH is 1. The minimum absolute atomic E-state index is 0.188. The Hall–Kier alpha value is -3.66. The predicted molar refractivity (Wildman–Crippen MR) is 136 cm³/mol. The molecule has 0 aliphatic carbocycles. The second-order valence-electron chi connectivity index (χ2n) is 9.59. The van der Waals surface area contributed by atoms with Gasteiger partial charge >= 0.3 is 0 Å². The van der Waals surface area contributed by atoms with Gasteiger partial charge in [-0.3, -0.25) is 24.3 Å². The number of imide groups is 1. The number of hydrogen-bond acceptors (Lipinski definition) is 8. The Morgan fingerprint density at radius 3 is 2.24 bits per heavy atom. The van der Waals surface area contributed by atoms with E-state index in [0.29, 0.717) is 48.0 Å². The summed E-state index contributed by atoms with van der Waals surface area (Å²) in [6.07, 6.45) is -0.622. The lowest BCUT2D eigenvalue weighted by molar-refractivity contribution is 0.0416. The smallest absolute Gasteiger partial charge is 0.261 e. The molecule has 3 heterocycles. The molecule has 0 aromatic heterocycles. The number of hydrogen-bond donors (Lipinski definition) is 1. The molecule has 1 fully saturated rings. The maximum absolute atomic E-state index is 13.1. The van der Waals surface area contributed by atoms with E-state index in [1.165, 1.54) is 4.90 Å². The molecule has 3 aliphatic heterocycles. The number of nitrogens with zero attached hydrogens (tertiary/aromatic N) is 3. The van der Waals surface area contributed by atoms with Crippen LogP contribution in [0.4, 0.5) is 0 Å². The van der Waals surface area contributed by atoms with Gasteiger partial charge in [-0.2, -0.15) is 0 Å². The Bertz CT molecular complexity index is 1290. The lowest BCUT2D eigenvalue weighted by Gasteiger charge is -2.36. The number of ether oxygens (including phenoxy) is 3. The van der Waals surface area contributed by atoms with Crippen molar-refractivity contribution >= 4 is 22.6 Å². The van der Waals surface area contributed by atoms with Crippen LogP contribution in [-0.2, 0) is 0 Å². The molecule has 0 bridgehead atoms. The van der Waals surface area contributed by atoms with Gasteiger partial charge in [-0.15, -0.1) is 0 Å². The monoisotopic (exact) mass is 503 g/mol. The highest BCUT2D eigenvalue weighted by Gasteiger charge is 2.33. The molecule has 6 rings (SSSR count). The first-order chi connectivity index (χ1) is 18.1. The van der Waals surface area contributed by atoms with Crippen molar-refractivity contribution in [1.82, 2.24) is 14.7 Å². The number of aliphatic hydroxyl groups is 1. The van der Waals surface area contributed by atoms with Crippen LogP contribution in [0, 0.1) is 0 Å². The molecule has 192 valence electrons. The van der Waals surface area contributed by atoms with Crippen molar-refractivity contribution in [2.24, 2.45) is 0 Å². The molecule has 9 heteroatoms. The van der Waals surface area contributed by atoms with Crippen molar-refractivity contribution in [1.29, 1.82) is 0 Å². The molecule has 1 N–H and O–H groups in total. The summed E-state index contributed by atoms with van der Waals surface area (Å²) in [4.78, 5) is 32.0. The average molecular weight is 504 g/mol. The summed E-state index contributed by atoms with van der Waals surface area (Å²) in [7, 11) is 0. The van der Waals surface area contributed by atoms with Crippen molar-refractivity contribution in [3.63, 3.8) is 0 Å². The summed E-state index contributed by atoms with van der Waals surface area (Å²) in [5.41, 5.74) is 1.18. The standard InChI is InChI=1S/C28H29N3O6/c32-20(17-35-21-7-8-24-25(15-21)37-18-36-24)16-30-11-9-29(10-12-30)13-14-31-27(33)22-5-1-3-19-4-2-6-23(26(19)22)28(31)34/h1-8,15,20,32H,9-14,16-18H2/t20-/m1/s1. The molecule has 1 atom stereocenters. The first-order valence-electron chi connectivity index (χ1n) is 12.6. The number of β-amino-alcohol motifs (C(OH)–C–C–N with tert-alkyl or cyclic N) is 1. The van der Waals surface area contributed by atoms with Crippen LogP contribution in [0.3, 0.4) is 0 Å². The fourth-order valence-corrected chi connectivity index (χ4v) is 5.23. The van der Waals surface area contributed by atoms with E-state index in [1.807, 2.05) is 24.3 Å².